The lowest BCUT2D eigenvalue weighted by molar-refractivity contribution is 0.181. The van der Waals surface area contributed by atoms with Gasteiger partial charge in [0.05, 0.1) is 29.9 Å². The molecule has 0 unspecified atom stereocenters. The van der Waals surface area contributed by atoms with Crippen molar-refractivity contribution in [3.05, 3.63) is 123 Å². The zero-order valence-corrected chi connectivity index (χ0v) is 33.7. The molecule has 0 saturated heterocycles. The molecule has 0 saturated carbocycles. The van der Waals surface area contributed by atoms with Gasteiger partial charge < -0.3 is 34.1 Å². The molecule has 6 aromatic rings. The van der Waals surface area contributed by atoms with Gasteiger partial charge in [-0.05, 0) is 78.4 Å². The number of anilines is 1. The molecule has 0 aliphatic heterocycles. The van der Waals surface area contributed by atoms with Crippen molar-refractivity contribution in [2.75, 3.05) is 19.0 Å². The Hall–Kier alpha value is -5.63. The normalized spacial score (nSPS) is 12.6. The minimum absolute atomic E-state index is 0.00935. The number of nitrogens with one attached hydrogen (secondary N) is 3. The Morgan fingerprint density at radius 1 is 0.982 bits per heavy atom. The van der Waals surface area contributed by atoms with E-state index in [0.717, 1.165) is 34.2 Å². The van der Waals surface area contributed by atoms with Crippen LogP contribution in [-0.4, -0.2) is 47.8 Å². The summed E-state index contributed by atoms with van der Waals surface area (Å²) in [7, 11) is -0.689. The highest BCUT2D eigenvalue weighted by molar-refractivity contribution is 6.74. The van der Waals surface area contributed by atoms with Gasteiger partial charge in [0, 0.05) is 48.3 Å². The molecule has 13 heteroatoms. The fourth-order valence-corrected chi connectivity index (χ4v) is 8.01. The van der Waals surface area contributed by atoms with Gasteiger partial charge in [-0.3, -0.25) is 14.7 Å². The number of aromatic nitrogens is 2. The number of nitrogens with zero attached hydrogens (tertiary/aromatic N) is 1. The quantitative estimate of drug-likeness (QED) is 0.0506. The monoisotopic (exact) mass is 778 g/mol. The van der Waals surface area contributed by atoms with E-state index in [0.29, 0.717) is 65.9 Å². The van der Waals surface area contributed by atoms with Gasteiger partial charge in [-0.25, -0.2) is 9.59 Å². The van der Waals surface area contributed by atoms with Gasteiger partial charge in [0.2, 0.25) is 5.56 Å². The number of pyridine rings is 1. The Morgan fingerprint density at radius 2 is 1.75 bits per heavy atom. The number of phenolic OH excluding ortho intramolecular Hbond substituents is 1. The largest absolute Gasteiger partial charge is 0.506 e. The first kappa shape index (κ1) is 40.0. The highest BCUT2D eigenvalue weighted by Gasteiger charge is 2.39. The van der Waals surface area contributed by atoms with Gasteiger partial charge in [-0.1, -0.05) is 69.3 Å². The lowest BCUT2D eigenvalue weighted by Gasteiger charge is -2.39. The lowest BCUT2D eigenvalue weighted by atomic mass is 9.99. The van der Waals surface area contributed by atoms with Crippen molar-refractivity contribution in [1.82, 2.24) is 14.9 Å². The number of carbonyl (C=O) groups is 1. The summed E-state index contributed by atoms with van der Waals surface area (Å²) in [6.45, 7) is 12.2. The Labute approximate surface area is 326 Å². The summed E-state index contributed by atoms with van der Waals surface area (Å²) in [6, 6.07) is 25.7. The lowest BCUT2D eigenvalue weighted by Crippen LogP contribution is -2.43. The van der Waals surface area contributed by atoms with Gasteiger partial charge >= 0.3 is 11.8 Å². The number of H-pyrrole nitrogens is 1. The third-order valence-corrected chi connectivity index (χ3v) is 15.2. The first-order chi connectivity index (χ1) is 26.6. The van der Waals surface area contributed by atoms with Gasteiger partial charge in [-0.15, -0.1) is 0 Å². The number of aryl methyl sites for hydroxylation is 2. The first-order valence-corrected chi connectivity index (χ1v) is 21.7. The molecule has 12 nitrogen and oxygen atoms in total. The Bertz CT molecular complexity index is 2470. The van der Waals surface area contributed by atoms with E-state index in [1.54, 1.807) is 23.8 Å². The SMILES string of the molecule is COc1cc2c(cc1CNC[C@@H](O[Si](C)(C)C(C)(C)C)c1ccc(O)c3[nH]c(=O)ccc13)oc(=O)n2CCCCc1ccc(-c2ccccc2)c(NC(=O)O)c1. The highest BCUT2D eigenvalue weighted by atomic mass is 28.4. The third-order valence-electron chi connectivity index (χ3n) is 10.7. The number of oxazole rings is 1. The van der Waals surface area contributed by atoms with Crippen LogP contribution >= 0.6 is 0 Å². The maximum absolute atomic E-state index is 13.1. The summed E-state index contributed by atoms with van der Waals surface area (Å²) in [5.41, 5.74) is 6.05. The number of ether oxygens (including phenoxy) is 1. The van der Waals surface area contributed by atoms with Crippen LogP contribution in [0, 0.1) is 0 Å². The standard InChI is InChI=1S/C43H50N4O8Si/c1-43(2,3)56(5,6)55-38(31-17-19-35(48)40-32(31)18-20-39(49)46-40)26-44-25-29-23-37-34(24-36(29)53-4)47(42(52)54-37)21-11-10-12-27-15-16-30(28-13-8-7-9-14-28)33(22-27)45-41(50)51/h7-9,13-20,22-24,38,44-45,48H,10-12,21,25-26H2,1-6H3,(H,46,49)(H,50,51)/t38-/m1/s1. The van der Waals surface area contributed by atoms with Gasteiger partial charge in [0.15, 0.2) is 13.9 Å². The molecule has 4 aromatic carbocycles. The molecule has 294 valence electrons. The molecule has 5 N–H and O–H groups in total. The van der Waals surface area contributed by atoms with E-state index in [2.05, 4.69) is 49.5 Å². The van der Waals surface area contributed by atoms with E-state index < -0.39 is 26.3 Å². The van der Waals surface area contributed by atoms with Gasteiger partial charge in [0.25, 0.3) is 0 Å². The maximum Gasteiger partial charge on any atom is 0.419 e. The highest BCUT2D eigenvalue weighted by Crippen LogP contribution is 2.41. The number of rotatable bonds is 15. The van der Waals surface area contributed by atoms with Crippen LogP contribution in [-0.2, 0) is 23.9 Å². The number of aromatic amines is 1. The van der Waals surface area contributed by atoms with Crippen molar-refractivity contribution in [2.45, 2.75) is 77.4 Å². The molecule has 0 spiro atoms. The number of methoxy groups -OCH3 is 1. The molecular weight excluding hydrogens is 729 g/mol. The van der Waals surface area contributed by atoms with E-state index >= 15 is 0 Å². The average Bonchev–Trinajstić information content (AvgIpc) is 3.45. The number of aromatic hydroxyl groups is 1. The van der Waals surface area contributed by atoms with E-state index in [-0.39, 0.29) is 16.3 Å². The van der Waals surface area contributed by atoms with Crippen molar-refractivity contribution in [1.29, 1.82) is 0 Å². The second kappa shape index (κ2) is 16.6. The average molecular weight is 779 g/mol. The molecule has 0 aliphatic rings. The Morgan fingerprint density at radius 3 is 2.46 bits per heavy atom. The summed E-state index contributed by atoms with van der Waals surface area (Å²) in [6.07, 6.45) is 0.630. The number of carboxylic acid groups (broad SMARTS) is 1. The van der Waals surface area contributed by atoms with Gasteiger partial charge in [0.1, 0.15) is 11.5 Å². The summed E-state index contributed by atoms with van der Waals surface area (Å²) in [4.78, 5) is 39.5. The van der Waals surface area contributed by atoms with Crippen LogP contribution in [0.4, 0.5) is 10.5 Å². The van der Waals surface area contributed by atoms with Crippen LogP contribution in [0.3, 0.4) is 0 Å². The van der Waals surface area contributed by atoms with E-state index in [1.165, 1.54) is 6.07 Å². The van der Waals surface area contributed by atoms with Crippen molar-refractivity contribution in [3.8, 4) is 22.6 Å². The summed E-state index contributed by atoms with van der Waals surface area (Å²) in [5.74, 6) is 0.142. The molecule has 2 heterocycles. The number of unbranched alkanes of at least 4 members (excludes halogenated alkanes) is 1. The molecule has 0 fully saturated rings. The molecule has 1 atom stereocenters. The smallest absolute Gasteiger partial charge is 0.419 e. The topological polar surface area (TPSA) is 168 Å². The van der Waals surface area contributed by atoms with Crippen LogP contribution in [0.5, 0.6) is 11.5 Å². The molecule has 2 aromatic heterocycles. The number of amides is 1. The number of hydrogen-bond acceptors (Lipinski definition) is 8. The summed E-state index contributed by atoms with van der Waals surface area (Å²) < 4.78 is 20.1. The van der Waals surface area contributed by atoms with Crippen molar-refractivity contribution >= 4 is 42.1 Å². The molecule has 0 bridgehead atoms. The Balaban J connectivity index is 1.16. The van der Waals surface area contributed by atoms with Crippen molar-refractivity contribution in [2.24, 2.45) is 0 Å². The molecule has 0 aliphatic carbocycles. The second-order valence-corrected chi connectivity index (χ2v) is 20.3. The Kier molecular flexibility index (Phi) is 11.9. The zero-order valence-electron chi connectivity index (χ0n) is 32.7. The van der Waals surface area contributed by atoms with E-state index in [9.17, 15) is 24.6 Å². The number of phenols is 1. The minimum Gasteiger partial charge on any atom is -0.506 e. The molecule has 0 radical (unpaired) electrons. The predicted molar refractivity (Wildman–Crippen MR) is 222 cm³/mol. The fourth-order valence-electron chi connectivity index (χ4n) is 6.73. The van der Waals surface area contributed by atoms with Crippen molar-refractivity contribution < 1.29 is 28.6 Å². The summed E-state index contributed by atoms with van der Waals surface area (Å²) >= 11 is 0. The van der Waals surface area contributed by atoms with Crippen LogP contribution in [0.15, 0.2) is 98.9 Å². The molecule has 6 rings (SSSR count). The first-order valence-electron chi connectivity index (χ1n) is 18.8. The second-order valence-electron chi connectivity index (χ2n) is 15.6. The molecular formula is C43H50N4O8Si. The van der Waals surface area contributed by atoms with E-state index in [4.69, 9.17) is 13.6 Å². The number of hydrogen-bond donors (Lipinski definition) is 5. The third kappa shape index (κ3) is 8.91. The molecule has 56 heavy (non-hydrogen) atoms. The van der Waals surface area contributed by atoms with E-state index in [1.807, 2.05) is 66.7 Å². The number of fused-ring (bicyclic) bond motifs is 2. The fraction of sp³-hybridized carbons (Fsp3) is 0.326. The van der Waals surface area contributed by atoms with Crippen LogP contribution in [0.25, 0.3) is 33.1 Å². The maximum atomic E-state index is 13.1. The predicted octanol–water partition coefficient (Wildman–Crippen LogP) is 8.78. The van der Waals surface area contributed by atoms with Gasteiger partial charge in [-0.2, -0.15) is 0 Å². The van der Waals surface area contributed by atoms with Crippen LogP contribution in [0.2, 0.25) is 18.1 Å². The van der Waals surface area contributed by atoms with Crippen LogP contribution in [0.1, 0.15) is 56.4 Å². The molecule has 1 amide bonds. The summed E-state index contributed by atoms with van der Waals surface area (Å²) in [5, 5.41) is 26.7. The van der Waals surface area contributed by atoms with Crippen molar-refractivity contribution in [3.63, 3.8) is 0 Å². The minimum atomic E-state index is -2.28. The number of benzene rings is 4. The van der Waals surface area contributed by atoms with Crippen LogP contribution < -0.4 is 26.7 Å². The zero-order chi connectivity index (χ0) is 40.2.